The van der Waals surface area contributed by atoms with Crippen molar-refractivity contribution < 1.29 is 0 Å². The van der Waals surface area contributed by atoms with E-state index < -0.39 is 0 Å². The molecule has 1 unspecified atom stereocenters. The average Bonchev–Trinajstić information content (AvgIpc) is 2.36. The zero-order chi connectivity index (χ0) is 6.97. The summed E-state index contributed by atoms with van der Waals surface area (Å²) in [6.45, 7) is 0. The Hall–Kier alpha value is -1.02. The van der Waals surface area contributed by atoms with Gasteiger partial charge in [-0.25, -0.2) is 15.0 Å². The van der Waals surface area contributed by atoms with E-state index in [1.807, 2.05) is 0 Å². The summed E-state index contributed by atoms with van der Waals surface area (Å²) in [6, 6.07) is 0. The normalized spacial score (nSPS) is 10.5. The van der Waals surface area contributed by atoms with E-state index in [1.54, 1.807) is 6.33 Å². The van der Waals surface area contributed by atoms with Crippen LogP contribution in [-0.4, -0.2) is 19.9 Å². The lowest BCUT2D eigenvalue weighted by Gasteiger charge is -1.88. The summed E-state index contributed by atoms with van der Waals surface area (Å²) in [5.74, 6) is 0. The van der Waals surface area contributed by atoms with Crippen LogP contribution < -0.4 is 5.44 Å². The Bertz CT molecular complexity index is 355. The van der Waals surface area contributed by atoms with Crippen LogP contribution in [0.5, 0.6) is 0 Å². The highest BCUT2D eigenvalue weighted by atomic mass is 31.0. The van der Waals surface area contributed by atoms with Gasteiger partial charge in [0.15, 0.2) is 5.65 Å². The topological polar surface area (TPSA) is 54.5 Å². The van der Waals surface area contributed by atoms with Crippen molar-refractivity contribution in [2.75, 3.05) is 0 Å². The van der Waals surface area contributed by atoms with Crippen LogP contribution in [0.25, 0.3) is 11.2 Å². The Labute approximate surface area is 59.3 Å². The predicted molar refractivity (Wildman–Crippen MR) is 41.0 cm³/mol. The van der Waals surface area contributed by atoms with Gasteiger partial charge in [0.2, 0.25) is 0 Å². The second-order valence-corrected chi connectivity index (χ2v) is 2.41. The summed E-state index contributed by atoms with van der Waals surface area (Å²) < 4.78 is 0. The van der Waals surface area contributed by atoms with Gasteiger partial charge in [0.25, 0.3) is 0 Å². The van der Waals surface area contributed by atoms with Crippen LogP contribution >= 0.6 is 9.24 Å². The zero-order valence-electron chi connectivity index (χ0n) is 5.07. The zero-order valence-corrected chi connectivity index (χ0v) is 6.23. The fourth-order valence-electron chi connectivity index (χ4n) is 0.784. The quantitative estimate of drug-likeness (QED) is 0.534. The summed E-state index contributed by atoms with van der Waals surface area (Å²) in [7, 11) is 2.51. The Balaban J connectivity index is 2.95. The van der Waals surface area contributed by atoms with Gasteiger partial charge < -0.3 is 4.98 Å². The van der Waals surface area contributed by atoms with Crippen molar-refractivity contribution in [3.63, 3.8) is 0 Å². The van der Waals surface area contributed by atoms with E-state index in [1.165, 1.54) is 6.33 Å². The minimum atomic E-state index is 0.708. The highest BCUT2D eigenvalue weighted by Crippen LogP contribution is 2.01. The molecule has 0 aliphatic carbocycles. The van der Waals surface area contributed by atoms with Gasteiger partial charge in [-0.05, 0) is 0 Å². The van der Waals surface area contributed by atoms with E-state index in [2.05, 4.69) is 29.2 Å². The summed E-state index contributed by atoms with van der Waals surface area (Å²) in [5, 5.41) is 0. The fourth-order valence-corrected chi connectivity index (χ4v) is 1.06. The fraction of sp³-hybridized carbons (Fsp3) is 0. The van der Waals surface area contributed by atoms with Crippen LogP contribution in [0, 0.1) is 0 Å². The third-order valence-corrected chi connectivity index (χ3v) is 1.69. The molecule has 0 radical (unpaired) electrons. The first-order chi connectivity index (χ1) is 4.88. The van der Waals surface area contributed by atoms with Gasteiger partial charge in [-0.15, -0.1) is 0 Å². The van der Waals surface area contributed by atoms with E-state index in [-0.39, 0.29) is 0 Å². The van der Waals surface area contributed by atoms with Crippen LogP contribution in [0.15, 0.2) is 12.7 Å². The highest BCUT2D eigenvalue weighted by molar-refractivity contribution is 7.27. The molecule has 0 amide bonds. The molecule has 0 saturated carbocycles. The van der Waals surface area contributed by atoms with Crippen LogP contribution in [0.4, 0.5) is 0 Å². The van der Waals surface area contributed by atoms with E-state index in [0.29, 0.717) is 5.65 Å². The number of aromatic nitrogens is 4. The highest BCUT2D eigenvalue weighted by Gasteiger charge is 1.98. The first-order valence-electron chi connectivity index (χ1n) is 2.77. The van der Waals surface area contributed by atoms with Gasteiger partial charge in [0.1, 0.15) is 11.8 Å². The molecule has 0 fully saturated rings. The number of fused-ring (bicyclic) bond motifs is 1. The van der Waals surface area contributed by atoms with Gasteiger partial charge in [-0.3, -0.25) is 0 Å². The average molecular weight is 152 g/mol. The molecule has 0 spiro atoms. The van der Waals surface area contributed by atoms with Crippen molar-refractivity contribution >= 4 is 25.8 Å². The Kier molecular flexibility index (Phi) is 1.14. The first-order valence-corrected chi connectivity index (χ1v) is 3.35. The van der Waals surface area contributed by atoms with Gasteiger partial charge in [0.05, 0.1) is 11.8 Å². The minimum absolute atomic E-state index is 0.708. The SMILES string of the molecule is Pc1ncnc2nc[nH]c12. The number of H-pyrrole nitrogens is 1. The standard InChI is InChI=1S/C5H5N4P/c10-5-3-4(7-1-6-3)8-2-9-5/h1-2H,10H2,(H,6,7,8,9). The molecule has 0 aliphatic rings. The van der Waals surface area contributed by atoms with Crippen molar-refractivity contribution in [3.8, 4) is 0 Å². The lowest BCUT2D eigenvalue weighted by molar-refractivity contribution is 1.23. The number of imidazole rings is 1. The maximum absolute atomic E-state index is 3.96. The number of hydrogen-bond donors (Lipinski definition) is 1. The number of nitrogens with one attached hydrogen (secondary N) is 1. The van der Waals surface area contributed by atoms with Crippen molar-refractivity contribution in [2.45, 2.75) is 0 Å². The Morgan fingerprint density at radius 3 is 3.00 bits per heavy atom. The maximum atomic E-state index is 3.96. The third kappa shape index (κ3) is 0.693. The molecule has 10 heavy (non-hydrogen) atoms. The van der Waals surface area contributed by atoms with Crippen molar-refractivity contribution in [3.05, 3.63) is 12.7 Å². The number of nitrogens with zero attached hydrogens (tertiary/aromatic N) is 3. The molecular weight excluding hydrogens is 147 g/mol. The van der Waals surface area contributed by atoms with Crippen LogP contribution in [-0.2, 0) is 0 Å². The smallest absolute Gasteiger partial charge is 0.181 e. The van der Waals surface area contributed by atoms with E-state index in [4.69, 9.17) is 0 Å². The lowest BCUT2D eigenvalue weighted by atomic mass is 10.6. The Morgan fingerprint density at radius 2 is 2.20 bits per heavy atom. The van der Waals surface area contributed by atoms with Crippen LogP contribution in [0.2, 0.25) is 0 Å². The van der Waals surface area contributed by atoms with Gasteiger partial charge in [0, 0.05) is 0 Å². The summed E-state index contributed by atoms with van der Waals surface area (Å²) in [6.07, 6.45) is 3.10. The van der Waals surface area contributed by atoms with Gasteiger partial charge in [-0.1, -0.05) is 9.24 Å². The molecule has 2 aromatic heterocycles. The molecule has 50 valence electrons. The Morgan fingerprint density at radius 1 is 1.30 bits per heavy atom. The lowest BCUT2D eigenvalue weighted by Crippen LogP contribution is -1.99. The molecule has 2 heterocycles. The molecule has 0 bridgehead atoms. The van der Waals surface area contributed by atoms with Crippen molar-refractivity contribution in [2.24, 2.45) is 0 Å². The van der Waals surface area contributed by atoms with E-state index in [0.717, 1.165) is 11.0 Å². The molecule has 1 N–H and O–H groups in total. The molecule has 0 aliphatic heterocycles. The summed E-state index contributed by atoms with van der Waals surface area (Å²) in [4.78, 5) is 14.8. The molecule has 2 rings (SSSR count). The largest absolute Gasteiger partial charge is 0.341 e. The van der Waals surface area contributed by atoms with E-state index in [9.17, 15) is 0 Å². The number of aromatic amines is 1. The second kappa shape index (κ2) is 1.99. The van der Waals surface area contributed by atoms with E-state index >= 15 is 0 Å². The third-order valence-electron chi connectivity index (χ3n) is 1.25. The number of hydrogen-bond acceptors (Lipinski definition) is 3. The van der Waals surface area contributed by atoms with Crippen LogP contribution in [0.3, 0.4) is 0 Å². The van der Waals surface area contributed by atoms with Crippen molar-refractivity contribution in [1.29, 1.82) is 0 Å². The van der Waals surface area contributed by atoms with Crippen LogP contribution in [0.1, 0.15) is 0 Å². The monoisotopic (exact) mass is 152 g/mol. The molecular formula is C5H5N4P. The second-order valence-electron chi connectivity index (χ2n) is 1.86. The van der Waals surface area contributed by atoms with Gasteiger partial charge in [-0.2, -0.15) is 0 Å². The summed E-state index contributed by atoms with van der Waals surface area (Å²) >= 11 is 0. The molecule has 2 aromatic rings. The summed E-state index contributed by atoms with van der Waals surface area (Å²) in [5.41, 5.74) is 2.44. The molecule has 5 heteroatoms. The molecule has 1 atom stereocenters. The van der Waals surface area contributed by atoms with Gasteiger partial charge >= 0.3 is 0 Å². The predicted octanol–water partition coefficient (Wildman–Crippen LogP) is -0.147. The molecule has 4 nitrogen and oxygen atoms in total. The molecule has 0 saturated heterocycles. The number of rotatable bonds is 0. The molecule has 0 aromatic carbocycles. The minimum Gasteiger partial charge on any atom is -0.341 e. The van der Waals surface area contributed by atoms with Crippen molar-refractivity contribution in [1.82, 2.24) is 19.9 Å². The maximum Gasteiger partial charge on any atom is 0.181 e. The first kappa shape index (κ1) is 5.74.